The van der Waals surface area contributed by atoms with E-state index >= 15 is 0 Å². The summed E-state index contributed by atoms with van der Waals surface area (Å²) in [6, 6.07) is 3.39. The van der Waals surface area contributed by atoms with Gasteiger partial charge in [-0.2, -0.15) is 0 Å². The van der Waals surface area contributed by atoms with Gasteiger partial charge in [0.25, 0.3) is 5.69 Å². The van der Waals surface area contributed by atoms with Crippen LogP contribution in [0.25, 0.3) is 11.0 Å². The van der Waals surface area contributed by atoms with Crippen LogP contribution >= 0.6 is 0 Å². The first-order valence-corrected chi connectivity index (χ1v) is 10.5. The number of nitrogens with one attached hydrogen (secondary N) is 1. The second-order valence-corrected chi connectivity index (χ2v) is 9.70. The fraction of sp³-hybridized carbons (Fsp3) is 0.529. The molecule has 11 heteroatoms. The molecule has 1 aromatic carbocycles. The molecule has 1 fully saturated rings. The van der Waals surface area contributed by atoms with Gasteiger partial charge in [0.15, 0.2) is 0 Å². The first-order chi connectivity index (χ1) is 13.0. The van der Waals surface area contributed by atoms with Gasteiger partial charge in [-0.1, -0.05) is 0 Å². The van der Waals surface area contributed by atoms with Crippen LogP contribution in [0.2, 0.25) is 0 Å². The predicted molar refractivity (Wildman–Crippen MR) is 101 cm³/mol. The number of aromatic amines is 1. The Morgan fingerprint density at radius 2 is 2.14 bits per heavy atom. The van der Waals surface area contributed by atoms with Crippen LogP contribution in [0.4, 0.5) is 10.5 Å². The molecule has 10 nitrogen and oxygen atoms in total. The zero-order valence-electron chi connectivity index (χ0n) is 15.8. The van der Waals surface area contributed by atoms with E-state index in [4.69, 9.17) is 4.74 Å². The molecule has 0 aliphatic carbocycles. The Hall–Kier alpha value is -2.69. The van der Waals surface area contributed by atoms with Crippen molar-refractivity contribution in [1.29, 1.82) is 0 Å². The number of carbonyl (C=O) groups excluding carboxylic acids is 1. The number of amides is 1. The first-order valence-electron chi connectivity index (χ1n) is 8.83. The van der Waals surface area contributed by atoms with Crippen molar-refractivity contribution in [3.63, 3.8) is 0 Å². The average molecular weight is 410 g/mol. The SMILES string of the molecule is CC(C)(C)OC(=O)N1CCCC1CS(=O)(=O)c1nc2ccc([N+](=O)[O-])cc2[nH]1. The van der Waals surface area contributed by atoms with Gasteiger partial charge in [-0.3, -0.25) is 10.1 Å². The van der Waals surface area contributed by atoms with Crippen LogP contribution in [-0.4, -0.2) is 58.2 Å². The molecule has 0 radical (unpaired) electrons. The number of aromatic nitrogens is 2. The topological polar surface area (TPSA) is 136 Å². The van der Waals surface area contributed by atoms with Crippen LogP contribution < -0.4 is 0 Å². The number of sulfone groups is 1. The highest BCUT2D eigenvalue weighted by Crippen LogP contribution is 2.25. The molecule has 2 heterocycles. The molecule has 0 spiro atoms. The summed E-state index contributed by atoms with van der Waals surface area (Å²) in [7, 11) is -3.83. The van der Waals surface area contributed by atoms with Gasteiger partial charge >= 0.3 is 6.09 Å². The molecule has 1 aliphatic heterocycles. The highest BCUT2D eigenvalue weighted by Gasteiger charge is 2.36. The van der Waals surface area contributed by atoms with E-state index in [1.807, 2.05) is 0 Å². The second-order valence-electron chi connectivity index (χ2n) is 7.75. The number of hydrogen-bond donors (Lipinski definition) is 1. The third-order valence-corrected chi connectivity index (χ3v) is 5.97. The number of ether oxygens (including phenoxy) is 1. The minimum Gasteiger partial charge on any atom is -0.444 e. The Morgan fingerprint density at radius 1 is 1.43 bits per heavy atom. The molecule has 0 bridgehead atoms. The van der Waals surface area contributed by atoms with Gasteiger partial charge in [0, 0.05) is 24.7 Å². The molecular weight excluding hydrogens is 388 g/mol. The van der Waals surface area contributed by atoms with Crippen LogP contribution in [0.1, 0.15) is 33.6 Å². The van der Waals surface area contributed by atoms with Crippen molar-refractivity contribution in [3.8, 4) is 0 Å². The quantitative estimate of drug-likeness (QED) is 0.604. The van der Waals surface area contributed by atoms with Crippen molar-refractivity contribution >= 4 is 32.7 Å². The number of hydrogen-bond acceptors (Lipinski definition) is 7. The number of rotatable bonds is 4. The van der Waals surface area contributed by atoms with E-state index < -0.39 is 32.5 Å². The lowest BCUT2D eigenvalue weighted by Crippen LogP contribution is -2.42. The lowest BCUT2D eigenvalue weighted by atomic mass is 10.2. The van der Waals surface area contributed by atoms with E-state index in [1.54, 1.807) is 20.8 Å². The summed E-state index contributed by atoms with van der Waals surface area (Å²) in [4.78, 5) is 30.8. The van der Waals surface area contributed by atoms with Gasteiger partial charge < -0.3 is 14.6 Å². The second kappa shape index (κ2) is 7.04. The number of fused-ring (bicyclic) bond motifs is 1. The van der Waals surface area contributed by atoms with Gasteiger partial charge in [-0.25, -0.2) is 18.2 Å². The van der Waals surface area contributed by atoms with Crippen LogP contribution in [0.3, 0.4) is 0 Å². The number of imidazole rings is 1. The standard InChI is InChI=1S/C17H22N4O6S/c1-17(2,3)27-16(22)20-8-4-5-12(20)10-28(25,26)15-18-13-7-6-11(21(23)24)9-14(13)19-15/h6-7,9,12H,4-5,8,10H2,1-3H3,(H,18,19). The van der Waals surface area contributed by atoms with Gasteiger partial charge in [0.05, 0.1) is 21.7 Å². The maximum absolute atomic E-state index is 12.8. The third-order valence-electron chi connectivity index (χ3n) is 4.37. The number of H-pyrrole nitrogens is 1. The number of nitrogens with zero attached hydrogens (tertiary/aromatic N) is 3. The van der Waals surface area contributed by atoms with Gasteiger partial charge in [-0.05, 0) is 39.7 Å². The molecule has 1 amide bonds. The third kappa shape index (κ3) is 4.24. The molecule has 152 valence electrons. The van der Waals surface area contributed by atoms with E-state index in [1.165, 1.54) is 23.1 Å². The summed E-state index contributed by atoms with van der Waals surface area (Å²) in [6.07, 6.45) is 0.695. The average Bonchev–Trinajstić information content (AvgIpc) is 3.18. The van der Waals surface area contributed by atoms with Crippen LogP contribution in [-0.2, 0) is 14.6 Å². The Bertz CT molecular complexity index is 1020. The highest BCUT2D eigenvalue weighted by atomic mass is 32.2. The molecule has 1 aromatic heterocycles. The molecule has 1 unspecified atom stereocenters. The first kappa shape index (κ1) is 20.1. The van der Waals surface area contributed by atoms with Gasteiger partial charge in [-0.15, -0.1) is 0 Å². The molecule has 3 rings (SSSR count). The minimum absolute atomic E-state index is 0.160. The van der Waals surface area contributed by atoms with E-state index in [0.29, 0.717) is 24.9 Å². The van der Waals surface area contributed by atoms with Crippen LogP contribution in [0.5, 0.6) is 0 Å². The number of likely N-dealkylation sites (tertiary alicyclic amines) is 1. The molecule has 1 N–H and O–H groups in total. The van der Waals surface area contributed by atoms with E-state index in [9.17, 15) is 23.3 Å². The fourth-order valence-corrected chi connectivity index (χ4v) is 4.65. The molecule has 1 aliphatic rings. The summed E-state index contributed by atoms with van der Waals surface area (Å²) >= 11 is 0. The lowest BCUT2D eigenvalue weighted by molar-refractivity contribution is -0.384. The summed E-state index contributed by atoms with van der Waals surface area (Å²) in [6.45, 7) is 5.68. The van der Waals surface area contributed by atoms with Crippen molar-refractivity contribution in [2.24, 2.45) is 0 Å². The molecule has 2 aromatic rings. The largest absolute Gasteiger partial charge is 0.444 e. The summed E-state index contributed by atoms with van der Waals surface area (Å²) in [5.74, 6) is -0.297. The molecule has 0 saturated carbocycles. The van der Waals surface area contributed by atoms with Crippen LogP contribution in [0, 0.1) is 10.1 Å². The molecule has 1 saturated heterocycles. The van der Waals surface area contributed by atoms with Crippen molar-refractivity contribution in [2.75, 3.05) is 12.3 Å². The normalized spacial score (nSPS) is 17.8. The number of nitro benzene ring substituents is 1. The van der Waals surface area contributed by atoms with E-state index in [2.05, 4.69) is 9.97 Å². The number of non-ortho nitro benzene ring substituents is 1. The fourth-order valence-electron chi connectivity index (χ4n) is 3.14. The number of carbonyl (C=O) groups is 1. The van der Waals surface area contributed by atoms with Crippen molar-refractivity contribution in [1.82, 2.24) is 14.9 Å². The smallest absolute Gasteiger partial charge is 0.410 e. The monoisotopic (exact) mass is 410 g/mol. The van der Waals surface area contributed by atoms with E-state index in [-0.39, 0.29) is 22.1 Å². The maximum atomic E-state index is 12.8. The van der Waals surface area contributed by atoms with Gasteiger partial charge in [0.2, 0.25) is 15.0 Å². The summed E-state index contributed by atoms with van der Waals surface area (Å²) in [5, 5.41) is 10.6. The van der Waals surface area contributed by atoms with Crippen molar-refractivity contribution in [2.45, 2.75) is 50.4 Å². The zero-order chi connectivity index (χ0) is 20.7. The Kier molecular flexibility index (Phi) is 5.04. The Balaban J connectivity index is 1.82. The zero-order valence-corrected chi connectivity index (χ0v) is 16.7. The lowest BCUT2D eigenvalue weighted by Gasteiger charge is -2.28. The minimum atomic E-state index is -3.83. The Morgan fingerprint density at radius 3 is 2.79 bits per heavy atom. The summed E-state index contributed by atoms with van der Waals surface area (Å²) < 4.78 is 31.0. The van der Waals surface area contributed by atoms with Crippen molar-refractivity contribution < 1.29 is 22.9 Å². The van der Waals surface area contributed by atoms with Gasteiger partial charge in [0.1, 0.15) is 5.60 Å². The molecule has 28 heavy (non-hydrogen) atoms. The molecule has 1 atom stereocenters. The van der Waals surface area contributed by atoms with Crippen LogP contribution in [0.15, 0.2) is 23.4 Å². The highest BCUT2D eigenvalue weighted by molar-refractivity contribution is 7.91. The summed E-state index contributed by atoms with van der Waals surface area (Å²) in [5.41, 5.74) is -0.244. The maximum Gasteiger partial charge on any atom is 0.410 e. The number of nitro groups is 1. The van der Waals surface area contributed by atoms with Crippen molar-refractivity contribution in [3.05, 3.63) is 28.3 Å². The predicted octanol–water partition coefficient (Wildman–Crippen LogP) is 2.64. The Labute approximate surface area is 161 Å². The van der Waals surface area contributed by atoms with E-state index in [0.717, 1.165) is 0 Å². The number of benzene rings is 1. The molecular formula is C17H22N4O6S.